The number of ether oxygens (including phenoxy) is 2. The molecule has 0 radical (unpaired) electrons. The molecule has 1 N–H and O–H groups in total. The summed E-state index contributed by atoms with van der Waals surface area (Å²) in [5.74, 6) is 1.01. The lowest BCUT2D eigenvalue weighted by Crippen LogP contribution is -2.16. The third-order valence-electron chi connectivity index (χ3n) is 4.92. The molecular weight excluding hydrogens is 466 g/mol. The number of nitrogens with zero attached hydrogens (tertiary/aromatic N) is 2. The Balaban J connectivity index is 1.56. The van der Waals surface area contributed by atoms with Crippen LogP contribution in [-0.4, -0.2) is 31.6 Å². The van der Waals surface area contributed by atoms with E-state index in [2.05, 4.69) is 15.3 Å². The normalized spacial score (nSPS) is 13.0. The van der Waals surface area contributed by atoms with Crippen LogP contribution in [0.2, 0.25) is 5.02 Å². The van der Waals surface area contributed by atoms with Gasteiger partial charge in [0.1, 0.15) is 13.2 Å². The number of pyridine rings is 1. The average molecular weight is 484 g/mol. The molecule has 10 heteroatoms. The summed E-state index contributed by atoms with van der Waals surface area (Å²) in [6, 6.07) is 15.0. The molecule has 0 unspecified atom stereocenters. The van der Waals surface area contributed by atoms with Crippen molar-refractivity contribution in [2.75, 3.05) is 18.5 Å². The zero-order chi connectivity index (χ0) is 22.8. The van der Waals surface area contributed by atoms with E-state index in [0.717, 1.165) is 5.56 Å². The van der Waals surface area contributed by atoms with Gasteiger partial charge in [-0.1, -0.05) is 23.7 Å². The van der Waals surface area contributed by atoms with Gasteiger partial charge >= 0.3 is 0 Å². The maximum Gasteiger partial charge on any atom is 0.234 e. The maximum absolute atomic E-state index is 13.6. The van der Waals surface area contributed by atoms with Crippen LogP contribution in [0.3, 0.4) is 0 Å². The number of benzene rings is 2. The molecule has 0 bridgehead atoms. The van der Waals surface area contributed by atoms with Gasteiger partial charge in [-0.15, -0.1) is 0 Å². The smallest absolute Gasteiger partial charge is 0.234 e. The number of nitrogens with one attached hydrogen (secondary N) is 1. The Morgan fingerprint density at radius 1 is 1.00 bits per heavy atom. The lowest BCUT2D eigenvalue weighted by atomic mass is 10.2. The fourth-order valence-corrected chi connectivity index (χ4v) is 4.82. The van der Waals surface area contributed by atoms with E-state index in [-0.39, 0.29) is 21.7 Å². The molecule has 33 heavy (non-hydrogen) atoms. The third kappa shape index (κ3) is 4.37. The van der Waals surface area contributed by atoms with Crippen molar-refractivity contribution in [2.45, 2.75) is 16.5 Å². The molecule has 0 saturated heterocycles. The highest BCUT2D eigenvalue weighted by Crippen LogP contribution is 2.37. The van der Waals surface area contributed by atoms with E-state index in [9.17, 15) is 8.42 Å². The van der Waals surface area contributed by atoms with Crippen LogP contribution in [0.4, 0.5) is 5.88 Å². The largest absolute Gasteiger partial charge is 0.486 e. The number of sulfone groups is 1. The van der Waals surface area contributed by atoms with Crippen molar-refractivity contribution in [1.29, 1.82) is 0 Å². The Morgan fingerprint density at radius 3 is 2.64 bits per heavy atom. The van der Waals surface area contributed by atoms with Crippen LogP contribution in [0, 0.1) is 0 Å². The minimum Gasteiger partial charge on any atom is -0.486 e. The third-order valence-corrected chi connectivity index (χ3v) is 6.82. The standard InChI is InChI=1S/C23H18ClN3O5S/c24-17-5-1-4-16(11-17)21-27-23(22(32-21)26-14-15-3-2-8-25-13-15)33(28,29)18-6-7-19-20(12-18)31-10-9-30-19/h1-8,11-13,26H,9-10,14H2. The second kappa shape index (κ2) is 8.76. The number of anilines is 1. The number of halogens is 1. The number of hydrogen-bond donors (Lipinski definition) is 1. The first-order valence-corrected chi connectivity index (χ1v) is 11.9. The van der Waals surface area contributed by atoms with E-state index in [1.807, 2.05) is 6.07 Å². The van der Waals surface area contributed by atoms with Crippen LogP contribution in [-0.2, 0) is 16.4 Å². The van der Waals surface area contributed by atoms with E-state index in [4.69, 9.17) is 25.5 Å². The molecule has 8 nitrogen and oxygen atoms in total. The van der Waals surface area contributed by atoms with Crippen molar-refractivity contribution >= 4 is 27.3 Å². The molecule has 0 amide bonds. The Hall–Kier alpha value is -3.56. The maximum atomic E-state index is 13.6. The Kier molecular flexibility index (Phi) is 5.65. The number of oxazole rings is 1. The van der Waals surface area contributed by atoms with Crippen molar-refractivity contribution in [2.24, 2.45) is 0 Å². The molecular formula is C23H18ClN3O5S. The van der Waals surface area contributed by atoms with Crippen molar-refractivity contribution in [3.63, 3.8) is 0 Å². The van der Waals surface area contributed by atoms with Gasteiger partial charge in [-0.3, -0.25) is 4.98 Å². The molecule has 1 aliphatic heterocycles. The highest BCUT2D eigenvalue weighted by Gasteiger charge is 2.30. The minimum absolute atomic E-state index is 0.0159. The monoisotopic (exact) mass is 483 g/mol. The van der Waals surface area contributed by atoms with E-state index in [0.29, 0.717) is 41.8 Å². The molecule has 0 fully saturated rings. The summed E-state index contributed by atoms with van der Waals surface area (Å²) < 4.78 is 44.0. The second-order valence-electron chi connectivity index (χ2n) is 7.19. The second-order valence-corrected chi connectivity index (χ2v) is 9.49. The van der Waals surface area contributed by atoms with E-state index in [1.54, 1.807) is 48.8 Å². The summed E-state index contributed by atoms with van der Waals surface area (Å²) >= 11 is 6.10. The van der Waals surface area contributed by atoms with Gasteiger partial charge in [0.2, 0.25) is 26.6 Å². The number of rotatable bonds is 6. The first-order valence-electron chi connectivity index (χ1n) is 10.0. The molecule has 3 heterocycles. The van der Waals surface area contributed by atoms with Crippen LogP contribution >= 0.6 is 11.6 Å². The quantitative estimate of drug-likeness (QED) is 0.424. The fraction of sp³-hybridized carbons (Fsp3) is 0.130. The van der Waals surface area contributed by atoms with E-state index < -0.39 is 9.84 Å². The van der Waals surface area contributed by atoms with Crippen LogP contribution in [0.15, 0.2) is 81.3 Å². The Bertz CT molecular complexity index is 1410. The SMILES string of the molecule is O=S(=O)(c1ccc2c(c1)OCCO2)c1nc(-c2cccc(Cl)c2)oc1NCc1cccnc1. The van der Waals surface area contributed by atoms with E-state index in [1.165, 1.54) is 12.1 Å². The Morgan fingerprint density at radius 2 is 1.85 bits per heavy atom. The van der Waals surface area contributed by atoms with Crippen molar-refractivity contribution in [1.82, 2.24) is 9.97 Å². The number of aromatic nitrogens is 2. The molecule has 0 saturated carbocycles. The van der Waals surface area contributed by atoms with Gasteiger partial charge in [-0.2, -0.15) is 4.98 Å². The minimum atomic E-state index is -4.06. The van der Waals surface area contributed by atoms with Gasteiger partial charge in [0.25, 0.3) is 0 Å². The molecule has 2 aromatic carbocycles. The van der Waals surface area contributed by atoms with Crippen molar-refractivity contribution < 1.29 is 22.3 Å². The average Bonchev–Trinajstić information content (AvgIpc) is 3.28. The van der Waals surface area contributed by atoms with E-state index >= 15 is 0 Å². The predicted octanol–water partition coefficient (Wildman–Crippen LogP) is 4.61. The molecule has 5 rings (SSSR count). The lowest BCUT2D eigenvalue weighted by molar-refractivity contribution is 0.171. The fourth-order valence-electron chi connectivity index (χ4n) is 3.33. The molecule has 0 aliphatic carbocycles. The Labute approximate surface area is 195 Å². The van der Waals surface area contributed by atoms with Gasteiger partial charge in [-0.25, -0.2) is 8.42 Å². The van der Waals surface area contributed by atoms with Crippen molar-refractivity contribution in [3.8, 4) is 23.0 Å². The molecule has 4 aromatic rings. The lowest BCUT2D eigenvalue weighted by Gasteiger charge is -2.18. The van der Waals surface area contributed by atoms with Crippen LogP contribution in [0.1, 0.15) is 5.56 Å². The summed E-state index contributed by atoms with van der Waals surface area (Å²) in [5.41, 5.74) is 1.40. The van der Waals surface area contributed by atoms with Crippen LogP contribution in [0.25, 0.3) is 11.5 Å². The predicted molar refractivity (Wildman–Crippen MR) is 121 cm³/mol. The molecule has 168 valence electrons. The number of fused-ring (bicyclic) bond motifs is 1. The van der Waals surface area contributed by atoms with Gasteiger partial charge in [0, 0.05) is 35.6 Å². The summed E-state index contributed by atoms with van der Waals surface area (Å²) in [6.45, 7) is 1.05. The zero-order valence-electron chi connectivity index (χ0n) is 17.2. The number of hydrogen-bond acceptors (Lipinski definition) is 8. The summed E-state index contributed by atoms with van der Waals surface area (Å²) in [6.07, 6.45) is 3.34. The molecule has 2 aromatic heterocycles. The van der Waals surface area contributed by atoms with Crippen molar-refractivity contribution in [3.05, 3.63) is 77.6 Å². The van der Waals surface area contributed by atoms with Crippen LogP contribution in [0.5, 0.6) is 11.5 Å². The van der Waals surface area contributed by atoms with Gasteiger partial charge < -0.3 is 19.2 Å². The first-order chi connectivity index (χ1) is 16.0. The highest BCUT2D eigenvalue weighted by molar-refractivity contribution is 7.91. The summed E-state index contributed by atoms with van der Waals surface area (Å²) in [5, 5.41) is 3.28. The summed E-state index contributed by atoms with van der Waals surface area (Å²) in [4.78, 5) is 8.42. The zero-order valence-corrected chi connectivity index (χ0v) is 18.8. The first kappa shape index (κ1) is 21.3. The van der Waals surface area contributed by atoms with Gasteiger partial charge in [-0.05, 0) is 42.0 Å². The molecule has 0 atom stereocenters. The van der Waals surface area contributed by atoms with Crippen LogP contribution < -0.4 is 14.8 Å². The summed E-state index contributed by atoms with van der Waals surface area (Å²) in [7, 11) is -4.06. The highest BCUT2D eigenvalue weighted by atomic mass is 35.5. The van der Waals surface area contributed by atoms with Gasteiger partial charge in [0.05, 0.1) is 4.90 Å². The molecule has 1 aliphatic rings. The van der Waals surface area contributed by atoms with Gasteiger partial charge in [0.15, 0.2) is 11.5 Å². The molecule has 0 spiro atoms. The topological polar surface area (TPSA) is 104 Å².